The molecule has 4 heteroatoms. The number of carbonyl (C=O) groups is 1. The van der Waals surface area contributed by atoms with Crippen molar-refractivity contribution in [3.63, 3.8) is 0 Å². The molecule has 0 fully saturated rings. The summed E-state index contributed by atoms with van der Waals surface area (Å²) in [7, 11) is -1.50. The van der Waals surface area contributed by atoms with Crippen LogP contribution in [0.2, 0.25) is 0 Å². The first-order chi connectivity index (χ1) is 8.66. The lowest BCUT2D eigenvalue weighted by molar-refractivity contribution is 0.104. The molecule has 0 radical (unpaired) electrons. The Balaban J connectivity index is 2.04. The predicted octanol–water partition coefficient (Wildman–Crippen LogP) is 0.992. The molecule has 1 aliphatic rings. The molecule has 0 aromatic heterocycles. The first-order valence-electron chi connectivity index (χ1n) is 5.71. The van der Waals surface area contributed by atoms with Crippen LogP contribution >= 0.6 is 0 Å². The number of rotatable bonds is 4. The van der Waals surface area contributed by atoms with Gasteiger partial charge in [0, 0.05) is 5.56 Å². The zero-order valence-electron chi connectivity index (χ0n) is 9.78. The zero-order chi connectivity index (χ0) is 13.0. The van der Waals surface area contributed by atoms with E-state index in [4.69, 9.17) is 10.0 Å². The number of carbonyl (C=O) groups excluding carboxylic acids is 1. The van der Waals surface area contributed by atoms with Crippen molar-refractivity contribution in [2.24, 2.45) is 0 Å². The summed E-state index contributed by atoms with van der Waals surface area (Å²) in [6, 6.07) is 6.23. The molecule has 0 bridgehead atoms. The van der Waals surface area contributed by atoms with Crippen molar-refractivity contribution in [2.75, 3.05) is 0 Å². The summed E-state index contributed by atoms with van der Waals surface area (Å²) in [5, 5.41) is 17.9. The van der Waals surface area contributed by atoms with Gasteiger partial charge in [0.05, 0.1) is 0 Å². The van der Waals surface area contributed by atoms with E-state index in [1.54, 1.807) is 18.2 Å². The predicted molar refractivity (Wildman–Crippen MR) is 71.6 cm³/mol. The van der Waals surface area contributed by atoms with Gasteiger partial charge in [0.25, 0.3) is 0 Å². The Morgan fingerprint density at radius 2 is 1.94 bits per heavy atom. The van der Waals surface area contributed by atoms with Crippen LogP contribution in [0.1, 0.15) is 16.8 Å². The highest BCUT2D eigenvalue weighted by molar-refractivity contribution is 6.58. The number of hydrogen-bond acceptors (Lipinski definition) is 3. The third kappa shape index (κ3) is 3.06. The third-order valence-electron chi connectivity index (χ3n) is 2.74. The molecule has 0 saturated carbocycles. The summed E-state index contributed by atoms with van der Waals surface area (Å²) in [6.07, 6.45) is 10.2. The van der Waals surface area contributed by atoms with Gasteiger partial charge in [0.2, 0.25) is 0 Å². The van der Waals surface area contributed by atoms with Crippen LogP contribution in [0.3, 0.4) is 0 Å². The zero-order valence-corrected chi connectivity index (χ0v) is 9.78. The monoisotopic (exact) mass is 240 g/mol. The van der Waals surface area contributed by atoms with E-state index < -0.39 is 7.12 Å². The molecule has 0 atom stereocenters. The van der Waals surface area contributed by atoms with Crippen LogP contribution in [0.4, 0.5) is 0 Å². The standard InChI is InChI=1S/C14H13BO3/c16-14(10-5-11-3-1-2-4-11)12-6-8-13(9-7-12)15(17)18/h1-3,5-10,17-18H,4H2/b10-5+. The summed E-state index contributed by atoms with van der Waals surface area (Å²) in [4.78, 5) is 11.8. The molecule has 0 heterocycles. The molecule has 3 nitrogen and oxygen atoms in total. The molecule has 2 rings (SSSR count). The quantitative estimate of drug-likeness (QED) is 0.468. The molecule has 1 aromatic carbocycles. The maximum atomic E-state index is 11.8. The van der Waals surface area contributed by atoms with E-state index in [2.05, 4.69) is 0 Å². The van der Waals surface area contributed by atoms with Crippen LogP contribution in [0, 0.1) is 0 Å². The Bertz CT molecular complexity index is 524. The van der Waals surface area contributed by atoms with Crippen molar-refractivity contribution in [2.45, 2.75) is 6.42 Å². The summed E-state index contributed by atoms with van der Waals surface area (Å²) < 4.78 is 0. The number of benzene rings is 1. The SMILES string of the molecule is O=C(/C=C/C1=CC=CC1)c1ccc(B(O)O)cc1. The van der Waals surface area contributed by atoms with Crippen molar-refractivity contribution in [1.29, 1.82) is 0 Å². The van der Waals surface area contributed by atoms with Gasteiger partial charge >= 0.3 is 7.12 Å². The lowest BCUT2D eigenvalue weighted by Gasteiger charge is -2.00. The lowest BCUT2D eigenvalue weighted by Crippen LogP contribution is -2.29. The van der Waals surface area contributed by atoms with Crippen molar-refractivity contribution in [1.82, 2.24) is 0 Å². The minimum absolute atomic E-state index is 0.0956. The molecule has 0 aliphatic heterocycles. The molecule has 2 N–H and O–H groups in total. The fourth-order valence-corrected chi connectivity index (χ4v) is 1.69. The molecule has 0 spiro atoms. The van der Waals surface area contributed by atoms with E-state index in [1.165, 1.54) is 18.2 Å². The van der Waals surface area contributed by atoms with Gasteiger partial charge in [-0.2, -0.15) is 0 Å². The first-order valence-corrected chi connectivity index (χ1v) is 5.71. The Morgan fingerprint density at radius 1 is 1.22 bits per heavy atom. The first kappa shape index (κ1) is 12.5. The van der Waals surface area contributed by atoms with E-state index in [0.717, 1.165) is 12.0 Å². The molecule has 0 amide bonds. The second-order valence-electron chi connectivity index (χ2n) is 4.07. The summed E-state index contributed by atoms with van der Waals surface area (Å²) in [5.41, 5.74) is 2.01. The summed E-state index contributed by atoms with van der Waals surface area (Å²) in [5.74, 6) is -0.0956. The van der Waals surface area contributed by atoms with Gasteiger partial charge in [0.15, 0.2) is 5.78 Å². The maximum Gasteiger partial charge on any atom is 0.488 e. The Kier molecular flexibility index (Phi) is 3.92. The highest BCUT2D eigenvalue weighted by atomic mass is 16.4. The maximum absolute atomic E-state index is 11.8. The van der Waals surface area contributed by atoms with E-state index >= 15 is 0 Å². The Labute approximate surface area is 106 Å². The molecule has 0 saturated heterocycles. The fourth-order valence-electron chi connectivity index (χ4n) is 1.69. The van der Waals surface area contributed by atoms with Crippen LogP contribution in [-0.2, 0) is 0 Å². The molecular weight excluding hydrogens is 227 g/mol. The highest BCUT2D eigenvalue weighted by Crippen LogP contribution is 2.12. The van der Waals surface area contributed by atoms with Crippen LogP contribution in [0.5, 0.6) is 0 Å². The van der Waals surface area contributed by atoms with Crippen molar-refractivity contribution >= 4 is 18.4 Å². The topological polar surface area (TPSA) is 57.5 Å². The second-order valence-corrected chi connectivity index (χ2v) is 4.07. The summed E-state index contributed by atoms with van der Waals surface area (Å²) >= 11 is 0. The normalized spacial score (nSPS) is 14.0. The van der Waals surface area contributed by atoms with Crippen molar-refractivity contribution < 1.29 is 14.8 Å². The highest BCUT2D eigenvalue weighted by Gasteiger charge is 2.11. The second kappa shape index (κ2) is 5.62. The van der Waals surface area contributed by atoms with Gasteiger partial charge in [-0.3, -0.25) is 4.79 Å². The molecule has 18 heavy (non-hydrogen) atoms. The van der Waals surface area contributed by atoms with Crippen molar-refractivity contribution in [3.8, 4) is 0 Å². The van der Waals surface area contributed by atoms with Crippen LogP contribution < -0.4 is 5.46 Å². The Morgan fingerprint density at radius 3 is 2.50 bits per heavy atom. The third-order valence-corrected chi connectivity index (χ3v) is 2.74. The minimum Gasteiger partial charge on any atom is -0.423 e. The van der Waals surface area contributed by atoms with Crippen LogP contribution in [0.15, 0.2) is 60.2 Å². The fraction of sp³-hybridized carbons (Fsp3) is 0.0714. The van der Waals surface area contributed by atoms with E-state index in [1.807, 2.05) is 18.2 Å². The number of allylic oxidation sites excluding steroid dienone is 6. The van der Waals surface area contributed by atoms with Gasteiger partial charge in [-0.15, -0.1) is 0 Å². The molecule has 1 aliphatic carbocycles. The van der Waals surface area contributed by atoms with Gasteiger partial charge in [-0.1, -0.05) is 48.6 Å². The molecule has 1 aromatic rings. The van der Waals surface area contributed by atoms with Gasteiger partial charge in [-0.05, 0) is 23.5 Å². The molecular formula is C14H13BO3. The number of hydrogen-bond donors (Lipinski definition) is 2. The molecule has 90 valence electrons. The van der Waals surface area contributed by atoms with Crippen LogP contribution in [0.25, 0.3) is 0 Å². The average Bonchev–Trinajstić information content (AvgIpc) is 2.89. The summed E-state index contributed by atoms with van der Waals surface area (Å²) in [6.45, 7) is 0. The van der Waals surface area contributed by atoms with Gasteiger partial charge in [0.1, 0.15) is 0 Å². The Hall–Kier alpha value is -1.91. The van der Waals surface area contributed by atoms with Gasteiger partial charge in [-0.25, -0.2) is 0 Å². The smallest absolute Gasteiger partial charge is 0.423 e. The largest absolute Gasteiger partial charge is 0.488 e. The minimum atomic E-state index is -1.50. The lowest BCUT2D eigenvalue weighted by atomic mass is 9.80. The molecule has 0 unspecified atom stereocenters. The van der Waals surface area contributed by atoms with Gasteiger partial charge < -0.3 is 10.0 Å². The van der Waals surface area contributed by atoms with E-state index in [9.17, 15) is 4.79 Å². The van der Waals surface area contributed by atoms with Crippen LogP contribution in [-0.4, -0.2) is 22.9 Å². The van der Waals surface area contributed by atoms with E-state index in [0.29, 0.717) is 11.0 Å². The number of ketones is 1. The average molecular weight is 240 g/mol. The van der Waals surface area contributed by atoms with E-state index in [-0.39, 0.29) is 5.78 Å². The van der Waals surface area contributed by atoms with Crippen molar-refractivity contribution in [3.05, 3.63) is 65.8 Å².